The molecule has 1 N–H and O–H groups in total. The molecule has 3 heteroatoms. The molecule has 0 saturated heterocycles. The molecule has 1 rings (SSSR count). The van der Waals surface area contributed by atoms with Crippen LogP contribution in [0.3, 0.4) is 0 Å². The van der Waals surface area contributed by atoms with E-state index < -0.39 is 0 Å². The Hall–Kier alpha value is -0.930. The van der Waals surface area contributed by atoms with Crippen molar-refractivity contribution >= 4 is 0 Å². The first-order valence-electron chi connectivity index (χ1n) is 6.88. The summed E-state index contributed by atoms with van der Waals surface area (Å²) >= 11 is 0. The maximum atomic E-state index is 13.2. The van der Waals surface area contributed by atoms with Crippen LogP contribution in [-0.2, 0) is 11.2 Å². The lowest BCUT2D eigenvalue weighted by atomic mass is 10.0. The topological polar surface area (TPSA) is 21.3 Å². The number of hydrogen-bond acceptors (Lipinski definition) is 2. The fraction of sp³-hybridized carbons (Fsp3) is 0.625. The minimum Gasteiger partial charge on any atom is -0.380 e. The molecule has 0 unspecified atom stereocenters. The third kappa shape index (κ3) is 6.17. The predicted molar refractivity (Wildman–Crippen MR) is 78.2 cm³/mol. The van der Waals surface area contributed by atoms with E-state index in [1.165, 1.54) is 5.56 Å². The number of halogens is 1. The molecule has 2 nitrogen and oxygen atoms in total. The molecule has 1 aromatic carbocycles. The fourth-order valence-corrected chi connectivity index (χ4v) is 2.11. The van der Waals surface area contributed by atoms with E-state index in [-0.39, 0.29) is 11.4 Å². The molecule has 108 valence electrons. The van der Waals surface area contributed by atoms with Crippen LogP contribution in [0.5, 0.6) is 0 Å². The second-order valence-corrected chi connectivity index (χ2v) is 6.06. The highest BCUT2D eigenvalue weighted by atomic mass is 19.1. The van der Waals surface area contributed by atoms with Crippen molar-refractivity contribution in [3.05, 3.63) is 34.6 Å². The van der Waals surface area contributed by atoms with Crippen LogP contribution in [0.15, 0.2) is 12.1 Å². The van der Waals surface area contributed by atoms with Gasteiger partial charge in [-0.05, 0) is 69.9 Å². The highest BCUT2D eigenvalue weighted by Gasteiger charge is 2.08. The summed E-state index contributed by atoms with van der Waals surface area (Å²) in [6.45, 7) is 12.6. The van der Waals surface area contributed by atoms with E-state index >= 15 is 0 Å². The Morgan fingerprint density at radius 2 is 1.68 bits per heavy atom. The van der Waals surface area contributed by atoms with Gasteiger partial charge >= 0.3 is 0 Å². The van der Waals surface area contributed by atoms with Crippen molar-refractivity contribution in [3.63, 3.8) is 0 Å². The zero-order chi connectivity index (χ0) is 14.5. The van der Waals surface area contributed by atoms with E-state index in [1.54, 1.807) is 12.1 Å². The molecule has 0 aliphatic heterocycles. The van der Waals surface area contributed by atoms with Gasteiger partial charge in [0, 0.05) is 12.1 Å². The van der Waals surface area contributed by atoms with Gasteiger partial charge in [-0.3, -0.25) is 0 Å². The summed E-state index contributed by atoms with van der Waals surface area (Å²) < 4.78 is 18.8. The summed E-state index contributed by atoms with van der Waals surface area (Å²) in [4.78, 5) is 0. The largest absolute Gasteiger partial charge is 0.380 e. The molecular weight excluding hydrogens is 241 g/mol. The van der Waals surface area contributed by atoms with Gasteiger partial charge < -0.3 is 10.1 Å². The van der Waals surface area contributed by atoms with Crippen LogP contribution >= 0.6 is 0 Å². The van der Waals surface area contributed by atoms with Crippen molar-refractivity contribution in [3.8, 4) is 0 Å². The summed E-state index contributed by atoms with van der Waals surface area (Å²) in [7, 11) is 0. The first-order valence-corrected chi connectivity index (χ1v) is 6.88. The van der Waals surface area contributed by atoms with E-state index in [0.717, 1.165) is 24.1 Å². The molecule has 0 saturated carbocycles. The standard InChI is InChI=1S/C16H26FNO/c1-12-10-14(17)11-13(2)15(12)6-8-19-9-7-18-16(3,4)5/h10-11,18H,6-9H2,1-5H3. The van der Waals surface area contributed by atoms with Gasteiger partial charge in [0.2, 0.25) is 0 Å². The molecule has 0 radical (unpaired) electrons. The molecular formula is C16H26FNO. The summed E-state index contributed by atoms with van der Waals surface area (Å²) in [5.41, 5.74) is 3.35. The van der Waals surface area contributed by atoms with Crippen LogP contribution in [0, 0.1) is 19.7 Å². The van der Waals surface area contributed by atoms with Crippen molar-refractivity contribution in [2.24, 2.45) is 0 Å². The molecule has 0 aliphatic rings. The Morgan fingerprint density at radius 1 is 1.11 bits per heavy atom. The van der Waals surface area contributed by atoms with Crippen molar-refractivity contribution < 1.29 is 9.13 Å². The van der Waals surface area contributed by atoms with Gasteiger partial charge in [0.1, 0.15) is 5.82 Å². The maximum Gasteiger partial charge on any atom is 0.123 e. The number of benzene rings is 1. The van der Waals surface area contributed by atoms with Crippen LogP contribution in [-0.4, -0.2) is 25.3 Å². The van der Waals surface area contributed by atoms with Crippen LogP contribution in [0.2, 0.25) is 0 Å². The minimum atomic E-state index is -0.158. The van der Waals surface area contributed by atoms with Gasteiger partial charge in [-0.1, -0.05) is 0 Å². The number of aryl methyl sites for hydroxylation is 2. The molecule has 1 aromatic rings. The summed E-state index contributed by atoms with van der Waals surface area (Å²) in [5, 5.41) is 3.38. The maximum absolute atomic E-state index is 13.2. The lowest BCUT2D eigenvalue weighted by molar-refractivity contribution is 0.133. The van der Waals surface area contributed by atoms with Gasteiger partial charge in [-0.25, -0.2) is 4.39 Å². The third-order valence-electron chi connectivity index (χ3n) is 3.06. The zero-order valence-electron chi connectivity index (χ0n) is 12.8. The second kappa shape index (κ2) is 7.01. The van der Waals surface area contributed by atoms with E-state index in [9.17, 15) is 4.39 Å². The van der Waals surface area contributed by atoms with E-state index in [2.05, 4.69) is 26.1 Å². The first kappa shape index (κ1) is 16.1. The third-order valence-corrected chi connectivity index (χ3v) is 3.06. The molecule has 19 heavy (non-hydrogen) atoms. The Morgan fingerprint density at radius 3 is 2.21 bits per heavy atom. The summed E-state index contributed by atoms with van der Waals surface area (Å²) in [5.74, 6) is -0.158. The smallest absolute Gasteiger partial charge is 0.123 e. The summed E-state index contributed by atoms with van der Waals surface area (Å²) in [6, 6.07) is 3.17. The molecule has 0 atom stereocenters. The van der Waals surface area contributed by atoms with Crippen molar-refractivity contribution in [2.45, 2.75) is 46.6 Å². The molecule has 0 fully saturated rings. The number of rotatable bonds is 6. The van der Waals surface area contributed by atoms with Gasteiger partial charge in [0.25, 0.3) is 0 Å². The first-order chi connectivity index (χ1) is 8.79. The van der Waals surface area contributed by atoms with Gasteiger partial charge in [-0.2, -0.15) is 0 Å². The van der Waals surface area contributed by atoms with Gasteiger partial charge in [0.05, 0.1) is 13.2 Å². The van der Waals surface area contributed by atoms with Crippen molar-refractivity contribution in [2.75, 3.05) is 19.8 Å². The van der Waals surface area contributed by atoms with E-state index in [4.69, 9.17) is 4.74 Å². The average molecular weight is 267 g/mol. The molecule has 0 spiro atoms. The highest BCUT2D eigenvalue weighted by Crippen LogP contribution is 2.16. The van der Waals surface area contributed by atoms with Crippen LogP contribution in [0.4, 0.5) is 4.39 Å². The van der Waals surface area contributed by atoms with E-state index in [0.29, 0.717) is 13.2 Å². The molecule has 0 aliphatic carbocycles. The van der Waals surface area contributed by atoms with Crippen molar-refractivity contribution in [1.82, 2.24) is 5.32 Å². The Balaban J connectivity index is 2.30. The van der Waals surface area contributed by atoms with Gasteiger partial charge in [-0.15, -0.1) is 0 Å². The Kier molecular flexibility index (Phi) is 5.95. The lowest BCUT2D eigenvalue weighted by Gasteiger charge is -2.20. The lowest BCUT2D eigenvalue weighted by Crippen LogP contribution is -2.38. The van der Waals surface area contributed by atoms with Crippen molar-refractivity contribution in [1.29, 1.82) is 0 Å². The summed E-state index contributed by atoms with van der Waals surface area (Å²) in [6.07, 6.45) is 0.841. The Bertz CT molecular complexity index is 387. The number of ether oxygens (including phenoxy) is 1. The SMILES string of the molecule is Cc1cc(F)cc(C)c1CCOCCNC(C)(C)C. The second-order valence-electron chi connectivity index (χ2n) is 6.06. The normalized spacial score (nSPS) is 11.9. The van der Waals surface area contributed by atoms with Gasteiger partial charge in [0.15, 0.2) is 0 Å². The zero-order valence-corrected chi connectivity index (χ0v) is 12.8. The predicted octanol–water partition coefficient (Wildman–Crippen LogP) is 3.39. The molecule has 0 bridgehead atoms. The van der Waals surface area contributed by atoms with Crippen LogP contribution in [0.25, 0.3) is 0 Å². The molecule has 0 heterocycles. The molecule has 0 aromatic heterocycles. The quantitative estimate of drug-likeness (QED) is 0.798. The molecule has 0 amide bonds. The highest BCUT2D eigenvalue weighted by molar-refractivity contribution is 5.34. The van der Waals surface area contributed by atoms with E-state index in [1.807, 2.05) is 13.8 Å². The number of nitrogens with one attached hydrogen (secondary N) is 1. The number of hydrogen-bond donors (Lipinski definition) is 1. The average Bonchev–Trinajstić information content (AvgIpc) is 2.24. The van der Waals surface area contributed by atoms with Crippen LogP contribution < -0.4 is 5.32 Å². The fourth-order valence-electron chi connectivity index (χ4n) is 2.11. The Labute approximate surface area is 116 Å². The monoisotopic (exact) mass is 267 g/mol. The minimum absolute atomic E-state index is 0.132. The van der Waals surface area contributed by atoms with Crippen LogP contribution in [0.1, 0.15) is 37.5 Å².